The minimum atomic E-state index is -0.771. The Morgan fingerprint density at radius 1 is 1.27 bits per heavy atom. The zero-order valence-electron chi connectivity index (χ0n) is 18.4. The topological polar surface area (TPSA) is 118 Å². The number of hydrogen-bond acceptors (Lipinski definition) is 6. The number of hydrogen-bond donors (Lipinski definition) is 3. The summed E-state index contributed by atoms with van der Waals surface area (Å²) in [5.74, 6) is -0.0868. The van der Waals surface area contributed by atoms with Gasteiger partial charge in [0.1, 0.15) is 28.7 Å². The molecule has 4 N–H and O–H groups in total. The first-order chi connectivity index (χ1) is 15.8. The zero-order chi connectivity index (χ0) is 24.0. The molecule has 178 valence electrons. The van der Waals surface area contributed by atoms with Gasteiger partial charge in [0.25, 0.3) is 5.91 Å². The summed E-state index contributed by atoms with van der Waals surface area (Å²) >= 11 is 11.8. The summed E-state index contributed by atoms with van der Waals surface area (Å²) in [6.07, 6.45) is 2.44. The van der Waals surface area contributed by atoms with E-state index < -0.39 is 17.4 Å². The fourth-order valence-electron chi connectivity index (χ4n) is 4.10. The standard InChI is InChI=1S/C23H28Cl2N4O4/c1-23(9-11-29(22(23)31)18(21(30)28-32)4-2-3-10-26)16-5-7-17(8-6-16)33-14-15-12-19(24)27-20(25)13-15/h5-8,12-13,18,32H,2-4,9-11,14,26H2,1H3,(H,28,30). The number of nitrogens with two attached hydrogens (primary N) is 1. The van der Waals surface area contributed by atoms with Crippen molar-refractivity contribution in [1.29, 1.82) is 0 Å². The third-order valence-corrected chi connectivity index (χ3v) is 6.41. The highest BCUT2D eigenvalue weighted by Crippen LogP contribution is 2.37. The molecule has 2 amide bonds. The molecule has 1 aliphatic rings. The van der Waals surface area contributed by atoms with Crippen LogP contribution in [-0.4, -0.2) is 46.0 Å². The number of benzene rings is 1. The van der Waals surface area contributed by atoms with Crippen LogP contribution in [0, 0.1) is 0 Å². The first-order valence-electron chi connectivity index (χ1n) is 10.8. The number of nitrogens with one attached hydrogen (secondary N) is 1. The Balaban J connectivity index is 1.69. The van der Waals surface area contributed by atoms with Crippen molar-refractivity contribution in [2.45, 2.75) is 50.7 Å². The molecule has 2 heterocycles. The monoisotopic (exact) mass is 494 g/mol. The van der Waals surface area contributed by atoms with Gasteiger partial charge in [-0.3, -0.25) is 14.8 Å². The van der Waals surface area contributed by atoms with Gasteiger partial charge in [0.15, 0.2) is 0 Å². The van der Waals surface area contributed by atoms with Crippen molar-refractivity contribution < 1.29 is 19.5 Å². The molecule has 0 aliphatic carbocycles. The SMILES string of the molecule is CC1(c2ccc(OCc3cc(Cl)nc(Cl)c3)cc2)CCN(C(CCCCN)C(=O)NO)C1=O. The van der Waals surface area contributed by atoms with E-state index in [9.17, 15) is 9.59 Å². The maximum atomic E-state index is 13.4. The van der Waals surface area contributed by atoms with E-state index in [-0.39, 0.29) is 12.5 Å². The molecule has 1 aromatic carbocycles. The number of carbonyl (C=O) groups is 2. The Hall–Kier alpha value is -2.39. The van der Waals surface area contributed by atoms with Gasteiger partial charge >= 0.3 is 0 Å². The number of unbranched alkanes of at least 4 members (excludes halogenated alkanes) is 1. The van der Waals surface area contributed by atoms with Crippen LogP contribution in [0.4, 0.5) is 0 Å². The molecule has 10 heteroatoms. The zero-order valence-corrected chi connectivity index (χ0v) is 19.9. The smallest absolute Gasteiger partial charge is 0.266 e. The van der Waals surface area contributed by atoms with Gasteiger partial charge in [0.2, 0.25) is 5.91 Å². The molecule has 2 atom stereocenters. The number of carbonyl (C=O) groups excluding carboxylic acids is 2. The van der Waals surface area contributed by atoms with Crippen LogP contribution in [0.2, 0.25) is 10.3 Å². The van der Waals surface area contributed by atoms with Gasteiger partial charge in [-0.25, -0.2) is 10.5 Å². The number of rotatable bonds is 10. The van der Waals surface area contributed by atoms with Crippen molar-refractivity contribution >= 4 is 35.0 Å². The van der Waals surface area contributed by atoms with E-state index in [1.807, 2.05) is 19.1 Å². The Labute approximate surface area is 203 Å². The summed E-state index contributed by atoms with van der Waals surface area (Å²) < 4.78 is 5.81. The minimum absolute atomic E-state index is 0.140. The van der Waals surface area contributed by atoms with E-state index in [1.165, 1.54) is 0 Å². The lowest BCUT2D eigenvalue weighted by atomic mass is 9.81. The molecule has 3 rings (SSSR count). The molecule has 0 radical (unpaired) electrons. The first kappa shape index (κ1) is 25.2. The Kier molecular flexibility index (Phi) is 8.53. The van der Waals surface area contributed by atoms with Gasteiger partial charge in [-0.05, 0) is 74.5 Å². The number of ether oxygens (including phenoxy) is 1. The van der Waals surface area contributed by atoms with Crippen LogP contribution in [0.5, 0.6) is 5.75 Å². The van der Waals surface area contributed by atoms with Crippen LogP contribution >= 0.6 is 23.2 Å². The quantitative estimate of drug-likeness (QED) is 0.201. The van der Waals surface area contributed by atoms with Crippen LogP contribution in [0.25, 0.3) is 0 Å². The van der Waals surface area contributed by atoms with E-state index in [0.29, 0.717) is 48.4 Å². The van der Waals surface area contributed by atoms with E-state index in [1.54, 1.807) is 34.6 Å². The average Bonchev–Trinajstić information content (AvgIpc) is 3.10. The number of aromatic nitrogens is 1. The second kappa shape index (κ2) is 11.2. The number of amides is 2. The van der Waals surface area contributed by atoms with Gasteiger partial charge in [-0.15, -0.1) is 0 Å². The molecule has 0 bridgehead atoms. The summed E-state index contributed by atoms with van der Waals surface area (Å²) in [4.78, 5) is 31.1. The first-order valence-corrected chi connectivity index (χ1v) is 11.5. The highest BCUT2D eigenvalue weighted by atomic mass is 35.5. The van der Waals surface area contributed by atoms with Crippen LogP contribution in [0.1, 0.15) is 43.7 Å². The largest absolute Gasteiger partial charge is 0.489 e. The normalized spacial score (nSPS) is 18.9. The maximum absolute atomic E-state index is 13.4. The summed E-state index contributed by atoms with van der Waals surface area (Å²) in [6.45, 7) is 3.08. The van der Waals surface area contributed by atoms with Gasteiger partial charge in [0, 0.05) is 6.54 Å². The predicted octanol–water partition coefficient (Wildman–Crippen LogP) is 3.46. The molecular formula is C23H28Cl2N4O4. The molecule has 2 aromatic rings. The number of halogens is 2. The Bertz CT molecular complexity index is 969. The molecule has 0 spiro atoms. The Morgan fingerprint density at radius 3 is 2.55 bits per heavy atom. The molecular weight excluding hydrogens is 467 g/mol. The van der Waals surface area contributed by atoms with Crippen molar-refractivity contribution in [2.24, 2.45) is 5.73 Å². The molecule has 1 fully saturated rings. The third kappa shape index (κ3) is 5.95. The van der Waals surface area contributed by atoms with Gasteiger partial charge in [0.05, 0.1) is 5.41 Å². The lowest BCUT2D eigenvalue weighted by Gasteiger charge is -2.29. The highest BCUT2D eigenvalue weighted by Gasteiger charge is 2.47. The fourth-order valence-corrected chi connectivity index (χ4v) is 4.61. The van der Waals surface area contributed by atoms with Gasteiger partial charge < -0.3 is 15.4 Å². The van der Waals surface area contributed by atoms with E-state index in [4.69, 9.17) is 38.9 Å². The summed E-state index contributed by atoms with van der Waals surface area (Å²) in [6, 6.07) is 9.97. The number of pyridine rings is 1. The summed E-state index contributed by atoms with van der Waals surface area (Å²) in [5.41, 5.74) is 8.10. The second-order valence-electron chi connectivity index (χ2n) is 8.29. The van der Waals surface area contributed by atoms with Crippen molar-refractivity contribution in [2.75, 3.05) is 13.1 Å². The molecule has 1 aromatic heterocycles. The third-order valence-electron chi connectivity index (χ3n) is 6.03. The van der Waals surface area contributed by atoms with Gasteiger partial charge in [-0.1, -0.05) is 35.3 Å². The molecule has 2 unspecified atom stereocenters. The number of hydroxylamine groups is 1. The predicted molar refractivity (Wildman–Crippen MR) is 125 cm³/mol. The van der Waals surface area contributed by atoms with Gasteiger partial charge in [-0.2, -0.15) is 0 Å². The Morgan fingerprint density at radius 2 is 1.94 bits per heavy atom. The van der Waals surface area contributed by atoms with Crippen molar-refractivity contribution in [3.63, 3.8) is 0 Å². The summed E-state index contributed by atoms with van der Waals surface area (Å²) in [5, 5.41) is 9.75. The second-order valence-corrected chi connectivity index (χ2v) is 9.07. The molecule has 1 saturated heterocycles. The van der Waals surface area contributed by atoms with Crippen LogP contribution in [0.3, 0.4) is 0 Å². The fraction of sp³-hybridized carbons (Fsp3) is 0.435. The van der Waals surface area contributed by atoms with Crippen LogP contribution < -0.4 is 16.0 Å². The molecule has 1 aliphatic heterocycles. The van der Waals surface area contributed by atoms with E-state index >= 15 is 0 Å². The maximum Gasteiger partial charge on any atom is 0.266 e. The number of likely N-dealkylation sites (tertiary alicyclic amines) is 1. The summed E-state index contributed by atoms with van der Waals surface area (Å²) in [7, 11) is 0. The van der Waals surface area contributed by atoms with E-state index in [2.05, 4.69) is 4.98 Å². The molecule has 33 heavy (non-hydrogen) atoms. The lowest BCUT2D eigenvalue weighted by Crippen LogP contribution is -2.49. The number of nitrogens with zero attached hydrogens (tertiary/aromatic N) is 2. The lowest BCUT2D eigenvalue weighted by molar-refractivity contribution is -0.144. The molecule has 8 nitrogen and oxygen atoms in total. The molecule has 0 saturated carbocycles. The van der Waals surface area contributed by atoms with E-state index in [0.717, 1.165) is 17.5 Å². The van der Waals surface area contributed by atoms with Crippen molar-refractivity contribution in [3.05, 3.63) is 57.8 Å². The van der Waals surface area contributed by atoms with Crippen molar-refractivity contribution in [3.8, 4) is 5.75 Å². The van der Waals surface area contributed by atoms with Crippen molar-refractivity contribution in [1.82, 2.24) is 15.4 Å². The van der Waals surface area contributed by atoms with Crippen LogP contribution in [-0.2, 0) is 21.6 Å². The minimum Gasteiger partial charge on any atom is -0.489 e. The highest BCUT2D eigenvalue weighted by molar-refractivity contribution is 6.32. The average molecular weight is 495 g/mol. The van der Waals surface area contributed by atoms with Crippen LogP contribution in [0.15, 0.2) is 36.4 Å².